The molecule has 1 aromatic heterocycles. The van der Waals surface area contributed by atoms with Crippen LogP contribution in [-0.2, 0) is 19.9 Å². The highest BCUT2D eigenvalue weighted by Crippen LogP contribution is 2.27. The van der Waals surface area contributed by atoms with Crippen LogP contribution in [0.15, 0.2) is 34.8 Å². The van der Waals surface area contributed by atoms with Gasteiger partial charge in [0.15, 0.2) is 0 Å². The Morgan fingerprint density at radius 2 is 2.00 bits per heavy atom. The molecule has 1 N–H and O–H groups in total. The van der Waals surface area contributed by atoms with Crippen molar-refractivity contribution in [1.82, 2.24) is 15.1 Å². The minimum Gasteiger partial charge on any atom is -0.319 e. The van der Waals surface area contributed by atoms with Gasteiger partial charge in [-0.2, -0.15) is 5.10 Å². The summed E-state index contributed by atoms with van der Waals surface area (Å²) in [6.07, 6.45) is 1.94. The molecule has 2 aromatic rings. The van der Waals surface area contributed by atoms with Crippen molar-refractivity contribution in [3.63, 3.8) is 0 Å². The third-order valence-corrected chi connectivity index (χ3v) is 4.58. The number of hydrogen-bond donors (Lipinski definition) is 1. The number of likely N-dealkylation sites (N-methyl/N-ethyl adjacent to an activating group) is 1. The molecule has 108 valence electrons. The van der Waals surface area contributed by atoms with Crippen molar-refractivity contribution in [3.05, 3.63) is 51.8 Å². The van der Waals surface area contributed by atoms with Gasteiger partial charge in [0.1, 0.15) is 0 Å². The number of aromatic nitrogens is 2. The summed E-state index contributed by atoms with van der Waals surface area (Å²) in [6, 6.07) is 10.7. The summed E-state index contributed by atoms with van der Waals surface area (Å²) in [4.78, 5) is 0. The van der Waals surface area contributed by atoms with Gasteiger partial charge >= 0.3 is 0 Å². The van der Waals surface area contributed by atoms with E-state index >= 15 is 0 Å². The maximum absolute atomic E-state index is 4.58. The zero-order chi connectivity index (χ0) is 14.5. The molecule has 0 aliphatic carbocycles. The topological polar surface area (TPSA) is 29.9 Å². The molecule has 0 saturated carbocycles. The van der Waals surface area contributed by atoms with Crippen LogP contribution in [0.25, 0.3) is 0 Å². The first kappa shape index (κ1) is 15.3. The van der Waals surface area contributed by atoms with Crippen LogP contribution < -0.4 is 5.32 Å². The van der Waals surface area contributed by atoms with Crippen molar-refractivity contribution in [2.75, 3.05) is 13.6 Å². The van der Waals surface area contributed by atoms with Crippen LogP contribution in [0.1, 0.15) is 29.8 Å². The molecule has 0 amide bonds. The fourth-order valence-electron chi connectivity index (χ4n) is 2.55. The lowest BCUT2D eigenvalue weighted by molar-refractivity contribution is 0.589. The molecular weight excluding hydrogens is 314 g/mol. The molecular formula is C16H22BrN3. The van der Waals surface area contributed by atoms with Crippen LogP contribution in [0.4, 0.5) is 0 Å². The molecule has 0 radical (unpaired) electrons. The molecule has 0 aliphatic heterocycles. The van der Waals surface area contributed by atoms with E-state index in [1.54, 1.807) is 0 Å². The summed E-state index contributed by atoms with van der Waals surface area (Å²) in [5, 5.41) is 7.89. The number of rotatable bonds is 6. The molecule has 0 fully saturated rings. The lowest BCUT2D eigenvalue weighted by Crippen LogP contribution is -2.20. The summed E-state index contributed by atoms with van der Waals surface area (Å²) in [5.74, 6) is 0.456. The van der Waals surface area contributed by atoms with E-state index < -0.39 is 0 Å². The van der Waals surface area contributed by atoms with Crippen molar-refractivity contribution in [2.45, 2.75) is 25.7 Å². The Kier molecular flexibility index (Phi) is 5.38. The Morgan fingerprint density at radius 3 is 2.55 bits per heavy atom. The molecule has 3 nitrogen and oxygen atoms in total. The van der Waals surface area contributed by atoms with Crippen LogP contribution in [0.2, 0.25) is 0 Å². The Bertz CT molecular complexity index is 548. The van der Waals surface area contributed by atoms with Gasteiger partial charge in [-0.3, -0.25) is 4.68 Å². The highest BCUT2D eigenvalue weighted by Gasteiger charge is 2.18. The summed E-state index contributed by atoms with van der Waals surface area (Å²) < 4.78 is 3.17. The molecule has 1 aromatic carbocycles. The standard InChI is InChI=1S/C16H22BrN3/c1-4-14-16(17)15(20(3)19-14)10-13(11-18-2)12-8-6-5-7-9-12/h5-9,13,18H,4,10-11H2,1-3H3. The number of nitrogens with one attached hydrogen (secondary N) is 1. The normalized spacial score (nSPS) is 12.6. The molecule has 0 saturated heterocycles. The monoisotopic (exact) mass is 335 g/mol. The first-order valence-electron chi connectivity index (χ1n) is 7.07. The number of benzene rings is 1. The van der Waals surface area contributed by atoms with E-state index in [9.17, 15) is 0 Å². The largest absolute Gasteiger partial charge is 0.319 e. The van der Waals surface area contributed by atoms with E-state index in [-0.39, 0.29) is 0 Å². The minimum atomic E-state index is 0.456. The molecule has 0 aliphatic rings. The zero-order valence-corrected chi connectivity index (χ0v) is 13.9. The second kappa shape index (κ2) is 7.04. The maximum Gasteiger partial charge on any atom is 0.0766 e. The Morgan fingerprint density at radius 1 is 1.30 bits per heavy atom. The molecule has 1 heterocycles. The molecule has 0 bridgehead atoms. The minimum absolute atomic E-state index is 0.456. The zero-order valence-electron chi connectivity index (χ0n) is 12.4. The number of aryl methyl sites for hydroxylation is 2. The number of halogens is 1. The maximum atomic E-state index is 4.58. The fourth-order valence-corrected chi connectivity index (χ4v) is 3.33. The van der Waals surface area contributed by atoms with Crippen LogP contribution in [0.3, 0.4) is 0 Å². The lowest BCUT2D eigenvalue weighted by Gasteiger charge is -2.17. The van der Waals surface area contributed by atoms with Crippen molar-refractivity contribution < 1.29 is 0 Å². The van der Waals surface area contributed by atoms with Crippen molar-refractivity contribution in [3.8, 4) is 0 Å². The summed E-state index contributed by atoms with van der Waals surface area (Å²) >= 11 is 3.71. The van der Waals surface area contributed by atoms with Gasteiger partial charge in [0.05, 0.1) is 15.9 Å². The van der Waals surface area contributed by atoms with Crippen molar-refractivity contribution in [1.29, 1.82) is 0 Å². The first-order chi connectivity index (χ1) is 9.67. The summed E-state index contributed by atoms with van der Waals surface area (Å²) in [5.41, 5.74) is 3.78. The number of nitrogens with zero attached hydrogens (tertiary/aromatic N) is 2. The summed E-state index contributed by atoms with van der Waals surface area (Å²) in [6.45, 7) is 3.10. The van der Waals surface area contributed by atoms with Crippen molar-refractivity contribution in [2.24, 2.45) is 7.05 Å². The number of hydrogen-bond acceptors (Lipinski definition) is 2. The first-order valence-corrected chi connectivity index (χ1v) is 7.86. The van der Waals surface area contributed by atoms with E-state index in [2.05, 4.69) is 63.6 Å². The van der Waals surface area contributed by atoms with Gasteiger partial charge in [-0.1, -0.05) is 37.3 Å². The molecule has 4 heteroatoms. The van der Waals surface area contributed by atoms with E-state index in [1.807, 2.05) is 18.8 Å². The Balaban J connectivity index is 2.27. The lowest BCUT2D eigenvalue weighted by atomic mass is 9.94. The van der Waals surface area contributed by atoms with Crippen molar-refractivity contribution >= 4 is 15.9 Å². The van der Waals surface area contributed by atoms with Gasteiger partial charge in [-0.15, -0.1) is 0 Å². The highest BCUT2D eigenvalue weighted by atomic mass is 79.9. The van der Waals surface area contributed by atoms with E-state index in [1.165, 1.54) is 15.7 Å². The van der Waals surface area contributed by atoms with Gasteiger partial charge in [0.25, 0.3) is 0 Å². The van der Waals surface area contributed by atoms with Crippen LogP contribution in [-0.4, -0.2) is 23.4 Å². The van der Waals surface area contributed by atoms with Crippen LogP contribution in [0.5, 0.6) is 0 Å². The van der Waals surface area contributed by atoms with Gasteiger partial charge in [0, 0.05) is 19.5 Å². The van der Waals surface area contributed by atoms with E-state index in [0.717, 1.165) is 25.1 Å². The summed E-state index contributed by atoms with van der Waals surface area (Å²) in [7, 11) is 4.03. The van der Waals surface area contributed by atoms with Gasteiger partial charge in [-0.05, 0) is 41.4 Å². The second-order valence-electron chi connectivity index (χ2n) is 5.05. The third-order valence-electron chi connectivity index (χ3n) is 3.66. The third kappa shape index (κ3) is 3.30. The smallest absolute Gasteiger partial charge is 0.0766 e. The van der Waals surface area contributed by atoms with E-state index in [4.69, 9.17) is 0 Å². The van der Waals surface area contributed by atoms with Gasteiger partial charge in [0.2, 0.25) is 0 Å². The molecule has 1 unspecified atom stereocenters. The van der Waals surface area contributed by atoms with Gasteiger partial charge in [-0.25, -0.2) is 0 Å². The fraction of sp³-hybridized carbons (Fsp3) is 0.438. The average Bonchev–Trinajstić information content (AvgIpc) is 2.75. The average molecular weight is 336 g/mol. The predicted molar refractivity (Wildman–Crippen MR) is 87.1 cm³/mol. The van der Waals surface area contributed by atoms with E-state index in [0.29, 0.717) is 5.92 Å². The van der Waals surface area contributed by atoms with Crippen LogP contribution >= 0.6 is 15.9 Å². The van der Waals surface area contributed by atoms with Gasteiger partial charge < -0.3 is 5.32 Å². The Labute approximate surface area is 129 Å². The van der Waals surface area contributed by atoms with Crippen LogP contribution in [0, 0.1) is 0 Å². The molecule has 1 atom stereocenters. The quantitative estimate of drug-likeness (QED) is 0.877. The highest BCUT2D eigenvalue weighted by molar-refractivity contribution is 9.10. The second-order valence-corrected chi connectivity index (χ2v) is 5.85. The molecule has 0 spiro atoms. The molecule has 2 rings (SSSR count). The SMILES string of the molecule is CCc1nn(C)c(CC(CNC)c2ccccc2)c1Br. The molecule has 20 heavy (non-hydrogen) atoms. The Hall–Kier alpha value is -1.13. The predicted octanol–water partition coefficient (Wildman–Crippen LogP) is 3.29.